The van der Waals surface area contributed by atoms with Crippen molar-refractivity contribution < 1.29 is 22.1 Å². The monoisotopic (exact) mass is 440 g/mol. The number of benzene rings is 2. The van der Waals surface area contributed by atoms with Crippen molar-refractivity contribution in [2.45, 2.75) is 17.9 Å². The Morgan fingerprint density at radius 3 is 2.33 bits per heavy atom. The first-order valence-electron chi connectivity index (χ1n) is 9.28. The summed E-state index contributed by atoms with van der Waals surface area (Å²) in [6.07, 6.45) is 0. The van der Waals surface area contributed by atoms with Crippen LogP contribution in [-0.4, -0.2) is 55.8 Å². The van der Waals surface area contributed by atoms with E-state index in [9.17, 15) is 27.3 Å². The van der Waals surface area contributed by atoms with E-state index in [1.165, 1.54) is 22.5 Å². The molecule has 2 aromatic carbocycles. The number of nitrogens with one attached hydrogen (secondary N) is 1. The van der Waals surface area contributed by atoms with E-state index in [1.54, 1.807) is 6.92 Å². The zero-order valence-corrected chi connectivity index (χ0v) is 17.3. The Hall–Kier alpha value is -2.63. The Morgan fingerprint density at radius 2 is 1.73 bits per heavy atom. The second-order valence-electron chi connectivity index (χ2n) is 7.18. The summed E-state index contributed by atoms with van der Waals surface area (Å²) in [5.41, 5.74) is 0.0477. The average Bonchev–Trinajstić information content (AvgIpc) is 2.70. The third-order valence-corrected chi connectivity index (χ3v) is 6.98. The summed E-state index contributed by atoms with van der Waals surface area (Å²) in [4.78, 5) is 12.7. The lowest BCUT2D eigenvalue weighted by atomic mass is 10.1. The molecule has 0 saturated carbocycles. The van der Waals surface area contributed by atoms with Gasteiger partial charge in [0.1, 0.15) is 5.69 Å². The van der Waals surface area contributed by atoms with Crippen molar-refractivity contribution in [2.75, 3.05) is 38.5 Å². The van der Waals surface area contributed by atoms with Crippen molar-refractivity contribution >= 4 is 21.4 Å². The molecule has 1 heterocycles. The highest BCUT2D eigenvalue weighted by Crippen LogP contribution is 2.32. The molecule has 0 aliphatic carbocycles. The molecule has 1 atom stereocenters. The number of hydrogen-bond acceptors (Lipinski definition) is 6. The van der Waals surface area contributed by atoms with Gasteiger partial charge < -0.3 is 10.2 Å². The van der Waals surface area contributed by atoms with Crippen LogP contribution < -0.4 is 5.32 Å². The minimum absolute atomic E-state index is 0.0783. The summed E-state index contributed by atoms with van der Waals surface area (Å²) < 4.78 is 53.7. The zero-order valence-electron chi connectivity index (χ0n) is 16.5. The summed E-state index contributed by atoms with van der Waals surface area (Å²) in [5, 5.41) is 14.5. The lowest BCUT2D eigenvalue weighted by Crippen LogP contribution is -2.47. The number of rotatable bonds is 6. The number of sulfonamides is 1. The van der Waals surface area contributed by atoms with Gasteiger partial charge in [-0.1, -0.05) is 6.07 Å². The SMILES string of the molecule is CC(Nc1ccc(S(=O)(=O)N2CCN(C)CC2)cc1[N+](=O)[O-])c1ccc(F)c(F)c1. The van der Waals surface area contributed by atoms with Crippen molar-refractivity contribution in [1.82, 2.24) is 9.21 Å². The van der Waals surface area contributed by atoms with Crippen LogP contribution in [0.5, 0.6) is 0 Å². The first-order valence-corrected chi connectivity index (χ1v) is 10.7. The number of nitrogens with zero attached hydrogens (tertiary/aromatic N) is 3. The van der Waals surface area contributed by atoms with E-state index in [2.05, 4.69) is 5.32 Å². The van der Waals surface area contributed by atoms with Crippen molar-refractivity contribution in [2.24, 2.45) is 0 Å². The molecule has 1 fully saturated rings. The highest BCUT2D eigenvalue weighted by Gasteiger charge is 2.30. The smallest absolute Gasteiger partial charge is 0.293 e. The Bertz CT molecular complexity index is 1060. The first kappa shape index (κ1) is 22.1. The van der Waals surface area contributed by atoms with Gasteiger partial charge in [0.25, 0.3) is 5.69 Å². The van der Waals surface area contributed by atoms with Crippen LogP contribution in [0, 0.1) is 21.7 Å². The molecule has 2 aromatic rings. The lowest BCUT2D eigenvalue weighted by Gasteiger charge is -2.31. The van der Waals surface area contributed by atoms with Gasteiger partial charge in [-0.15, -0.1) is 0 Å². The second-order valence-corrected chi connectivity index (χ2v) is 9.12. The molecule has 0 aromatic heterocycles. The normalized spacial score (nSPS) is 16.9. The van der Waals surface area contributed by atoms with E-state index >= 15 is 0 Å². The number of likely N-dealkylation sites (N-methyl/N-ethyl adjacent to an activating group) is 1. The van der Waals surface area contributed by atoms with E-state index in [0.717, 1.165) is 18.2 Å². The molecular weight excluding hydrogens is 418 g/mol. The summed E-state index contributed by atoms with van der Waals surface area (Å²) in [6, 6.07) is 6.41. The standard InChI is InChI=1S/C19H22F2N4O4S/c1-13(14-3-5-16(20)17(21)11-14)22-18-6-4-15(12-19(18)25(26)27)30(28,29)24-9-7-23(2)8-10-24/h3-6,11-13,22H,7-10H2,1-2H3. The highest BCUT2D eigenvalue weighted by atomic mass is 32.2. The summed E-state index contributed by atoms with van der Waals surface area (Å²) >= 11 is 0. The zero-order chi connectivity index (χ0) is 22.1. The van der Waals surface area contributed by atoms with Gasteiger partial charge in [0.2, 0.25) is 10.0 Å². The lowest BCUT2D eigenvalue weighted by molar-refractivity contribution is -0.384. The van der Waals surface area contributed by atoms with Crippen LogP contribution in [-0.2, 0) is 10.0 Å². The predicted molar refractivity (Wildman–Crippen MR) is 108 cm³/mol. The number of piperazine rings is 1. The van der Waals surface area contributed by atoms with Crippen LogP contribution in [0.25, 0.3) is 0 Å². The molecule has 8 nitrogen and oxygen atoms in total. The summed E-state index contributed by atoms with van der Waals surface area (Å²) in [6.45, 7) is 3.39. The Labute approximate surface area is 173 Å². The molecule has 1 saturated heterocycles. The maximum atomic E-state index is 13.5. The van der Waals surface area contributed by atoms with Gasteiger partial charge in [-0.3, -0.25) is 10.1 Å². The van der Waals surface area contributed by atoms with Gasteiger partial charge in [0.15, 0.2) is 11.6 Å². The molecular formula is C19H22F2N4O4S. The largest absolute Gasteiger partial charge is 0.373 e. The summed E-state index contributed by atoms with van der Waals surface area (Å²) in [5.74, 6) is -2.01. The van der Waals surface area contributed by atoms with Gasteiger partial charge >= 0.3 is 0 Å². The molecule has 1 unspecified atom stereocenters. The van der Waals surface area contributed by atoms with Gasteiger partial charge in [0.05, 0.1) is 9.82 Å². The quantitative estimate of drug-likeness (QED) is 0.548. The Balaban J connectivity index is 1.88. The number of anilines is 1. The molecule has 11 heteroatoms. The van der Waals surface area contributed by atoms with Crippen LogP contribution >= 0.6 is 0 Å². The Morgan fingerprint density at radius 1 is 1.07 bits per heavy atom. The minimum atomic E-state index is -3.87. The number of nitro groups is 1. The van der Waals surface area contributed by atoms with Crippen molar-refractivity contribution in [3.05, 3.63) is 63.7 Å². The molecule has 0 spiro atoms. The topological polar surface area (TPSA) is 95.8 Å². The van der Waals surface area contributed by atoms with Crippen LogP contribution in [0.2, 0.25) is 0 Å². The fraction of sp³-hybridized carbons (Fsp3) is 0.368. The molecule has 3 rings (SSSR count). The maximum absolute atomic E-state index is 13.5. The Kier molecular flexibility index (Phi) is 6.34. The molecule has 1 N–H and O–H groups in total. The van der Waals surface area contributed by atoms with E-state index < -0.39 is 38.3 Å². The molecule has 162 valence electrons. The van der Waals surface area contributed by atoms with Crippen LogP contribution in [0.3, 0.4) is 0 Å². The third-order valence-electron chi connectivity index (χ3n) is 5.08. The van der Waals surface area contributed by atoms with Crippen LogP contribution in [0.4, 0.5) is 20.2 Å². The molecule has 0 radical (unpaired) electrons. The van der Waals surface area contributed by atoms with Gasteiger partial charge in [-0.2, -0.15) is 4.31 Å². The predicted octanol–water partition coefficient (Wildman–Crippen LogP) is 2.98. The van der Waals surface area contributed by atoms with Gasteiger partial charge in [-0.25, -0.2) is 17.2 Å². The third kappa shape index (κ3) is 4.58. The highest BCUT2D eigenvalue weighted by molar-refractivity contribution is 7.89. The van der Waals surface area contributed by atoms with E-state index in [1.807, 2.05) is 11.9 Å². The summed E-state index contributed by atoms with van der Waals surface area (Å²) in [7, 11) is -1.97. The van der Waals surface area contributed by atoms with E-state index in [4.69, 9.17) is 0 Å². The molecule has 0 amide bonds. The van der Waals surface area contributed by atoms with E-state index in [-0.39, 0.29) is 10.6 Å². The van der Waals surface area contributed by atoms with Crippen molar-refractivity contribution in [1.29, 1.82) is 0 Å². The fourth-order valence-electron chi connectivity index (χ4n) is 3.22. The second kappa shape index (κ2) is 8.62. The molecule has 1 aliphatic rings. The minimum Gasteiger partial charge on any atom is -0.373 e. The number of halogens is 2. The van der Waals surface area contributed by atoms with Crippen LogP contribution in [0.15, 0.2) is 41.3 Å². The molecule has 1 aliphatic heterocycles. The van der Waals surface area contributed by atoms with Crippen molar-refractivity contribution in [3.8, 4) is 0 Å². The van der Waals surface area contributed by atoms with Gasteiger partial charge in [0, 0.05) is 38.3 Å². The number of nitro benzene ring substituents is 1. The van der Waals surface area contributed by atoms with Crippen LogP contribution in [0.1, 0.15) is 18.5 Å². The molecule has 0 bridgehead atoms. The van der Waals surface area contributed by atoms with Crippen molar-refractivity contribution in [3.63, 3.8) is 0 Å². The maximum Gasteiger partial charge on any atom is 0.293 e. The fourth-order valence-corrected chi connectivity index (χ4v) is 4.66. The van der Waals surface area contributed by atoms with Gasteiger partial charge in [-0.05, 0) is 43.8 Å². The average molecular weight is 440 g/mol. The first-order chi connectivity index (χ1) is 14.1. The number of hydrogen-bond donors (Lipinski definition) is 1. The van der Waals surface area contributed by atoms with E-state index in [0.29, 0.717) is 31.7 Å². The molecule has 30 heavy (non-hydrogen) atoms.